The predicted molar refractivity (Wildman–Crippen MR) is 108 cm³/mol. The number of nitrogens with zero attached hydrogens (tertiary/aromatic N) is 1. The van der Waals surface area contributed by atoms with Crippen LogP contribution >= 0.6 is 23.2 Å². The number of aryl methyl sites for hydroxylation is 1. The Morgan fingerprint density at radius 3 is 2.17 bits per heavy atom. The van der Waals surface area contributed by atoms with Gasteiger partial charge in [-0.1, -0.05) is 23.2 Å². The van der Waals surface area contributed by atoms with Gasteiger partial charge in [-0.05, 0) is 30.7 Å². The lowest BCUT2D eigenvalue weighted by atomic mass is 10.2. The number of ether oxygens (including phenoxy) is 1. The lowest BCUT2D eigenvalue weighted by Gasteiger charge is -2.26. The third-order valence-corrected chi connectivity index (χ3v) is 8.54. The summed E-state index contributed by atoms with van der Waals surface area (Å²) in [5, 5.41) is -0.596. The van der Waals surface area contributed by atoms with Gasteiger partial charge in [0.05, 0.1) is 28.9 Å². The van der Waals surface area contributed by atoms with Gasteiger partial charge in [0.15, 0.2) is 11.6 Å². The summed E-state index contributed by atoms with van der Waals surface area (Å²) < 4.78 is 86.9. The molecule has 1 fully saturated rings. The molecule has 1 saturated heterocycles. The Labute approximate surface area is 182 Å². The third-order valence-electron chi connectivity index (χ3n) is 4.33. The zero-order valence-corrected chi connectivity index (χ0v) is 18.6. The van der Waals surface area contributed by atoms with Crippen LogP contribution in [0.1, 0.15) is 5.56 Å². The number of nitrogens with one attached hydrogen (secondary N) is 1. The molecule has 30 heavy (non-hydrogen) atoms. The van der Waals surface area contributed by atoms with E-state index in [1.807, 2.05) is 0 Å². The fourth-order valence-electron chi connectivity index (χ4n) is 2.84. The molecule has 0 spiro atoms. The number of sulfonamides is 2. The molecule has 0 unspecified atom stereocenters. The molecule has 0 bridgehead atoms. The highest BCUT2D eigenvalue weighted by Gasteiger charge is 2.31. The summed E-state index contributed by atoms with van der Waals surface area (Å²) in [6.07, 6.45) is 0. The van der Waals surface area contributed by atoms with Crippen molar-refractivity contribution in [3.63, 3.8) is 0 Å². The molecule has 164 valence electrons. The molecule has 0 aromatic heterocycles. The fraction of sp³-hybridized carbons (Fsp3) is 0.294. The van der Waals surface area contributed by atoms with E-state index in [4.69, 9.17) is 27.9 Å². The molecule has 2 aromatic carbocycles. The maximum atomic E-state index is 13.6. The first-order valence-corrected chi connectivity index (χ1v) is 12.2. The Morgan fingerprint density at radius 2 is 1.57 bits per heavy atom. The van der Waals surface area contributed by atoms with Gasteiger partial charge in [0.25, 0.3) is 10.0 Å². The van der Waals surface area contributed by atoms with Crippen LogP contribution in [0, 0.1) is 18.6 Å². The molecule has 0 saturated carbocycles. The van der Waals surface area contributed by atoms with Crippen molar-refractivity contribution < 1.29 is 30.4 Å². The van der Waals surface area contributed by atoms with Crippen molar-refractivity contribution in [1.82, 2.24) is 4.31 Å². The van der Waals surface area contributed by atoms with Crippen molar-refractivity contribution >= 4 is 48.9 Å². The van der Waals surface area contributed by atoms with Crippen molar-refractivity contribution in [3.05, 3.63) is 51.5 Å². The number of hydrogen-bond acceptors (Lipinski definition) is 5. The van der Waals surface area contributed by atoms with Gasteiger partial charge in [0, 0.05) is 19.2 Å². The number of morpholine rings is 1. The number of benzene rings is 2. The van der Waals surface area contributed by atoms with E-state index in [2.05, 4.69) is 4.72 Å². The Balaban J connectivity index is 2.04. The molecule has 7 nitrogen and oxygen atoms in total. The van der Waals surface area contributed by atoms with Crippen molar-refractivity contribution in [2.45, 2.75) is 16.7 Å². The molecule has 0 amide bonds. The molecule has 1 N–H and O–H groups in total. The second kappa shape index (κ2) is 8.56. The number of hydrogen-bond donors (Lipinski definition) is 1. The summed E-state index contributed by atoms with van der Waals surface area (Å²) in [6, 6.07) is 3.59. The van der Waals surface area contributed by atoms with Gasteiger partial charge >= 0.3 is 0 Å². The van der Waals surface area contributed by atoms with Crippen molar-refractivity contribution in [1.29, 1.82) is 0 Å². The Bertz CT molecular complexity index is 1180. The molecule has 2 aromatic rings. The van der Waals surface area contributed by atoms with Crippen LogP contribution in [-0.4, -0.2) is 47.4 Å². The molecule has 13 heteroatoms. The molecular weight excluding hydrogens is 485 g/mol. The second-order valence-electron chi connectivity index (χ2n) is 6.42. The van der Waals surface area contributed by atoms with Crippen LogP contribution in [0.15, 0.2) is 34.1 Å². The van der Waals surface area contributed by atoms with E-state index in [-0.39, 0.29) is 47.6 Å². The lowest BCUT2D eigenvalue weighted by molar-refractivity contribution is 0.0730. The lowest BCUT2D eigenvalue weighted by Crippen LogP contribution is -2.40. The monoisotopic (exact) mass is 500 g/mol. The predicted octanol–water partition coefficient (Wildman–Crippen LogP) is 3.40. The first-order valence-electron chi connectivity index (χ1n) is 8.49. The highest BCUT2D eigenvalue weighted by Crippen LogP contribution is 2.34. The standard InChI is InChI=1S/C17H16Cl2F2N2O5S2/c1-10-6-11(7-14(20)17(10)21)22-29(24,25)15-9-16(13(19)8-12(15)18)30(26,27)23-2-4-28-5-3-23/h6-9,22H,2-5H2,1H3. The molecule has 0 aliphatic carbocycles. The Morgan fingerprint density at radius 1 is 0.967 bits per heavy atom. The van der Waals surface area contributed by atoms with Gasteiger partial charge in [-0.25, -0.2) is 25.6 Å². The summed E-state index contributed by atoms with van der Waals surface area (Å²) in [5.74, 6) is -2.35. The fourth-order valence-corrected chi connectivity index (χ4v) is 6.50. The molecule has 0 atom stereocenters. The van der Waals surface area contributed by atoms with Crippen LogP contribution in [0.2, 0.25) is 10.0 Å². The minimum absolute atomic E-state index is 0.0791. The zero-order chi connectivity index (χ0) is 22.3. The Kier molecular flexibility index (Phi) is 6.61. The van der Waals surface area contributed by atoms with E-state index in [0.717, 1.165) is 22.5 Å². The van der Waals surface area contributed by atoms with Crippen LogP contribution in [0.4, 0.5) is 14.5 Å². The minimum atomic E-state index is -4.46. The summed E-state index contributed by atoms with van der Waals surface area (Å²) in [4.78, 5) is -1.03. The van der Waals surface area contributed by atoms with Crippen molar-refractivity contribution in [2.24, 2.45) is 0 Å². The van der Waals surface area contributed by atoms with Crippen LogP contribution in [-0.2, 0) is 24.8 Å². The van der Waals surface area contributed by atoms with Crippen molar-refractivity contribution in [3.8, 4) is 0 Å². The molecule has 1 aliphatic rings. The minimum Gasteiger partial charge on any atom is -0.379 e. The van der Waals surface area contributed by atoms with Gasteiger partial charge in [0.1, 0.15) is 9.79 Å². The first-order chi connectivity index (χ1) is 13.9. The van der Waals surface area contributed by atoms with E-state index in [0.29, 0.717) is 6.07 Å². The number of halogens is 4. The van der Waals surface area contributed by atoms with E-state index in [1.165, 1.54) is 6.92 Å². The SMILES string of the molecule is Cc1cc(NS(=O)(=O)c2cc(S(=O)(=O)N3CCOCC3)c(Cl)cc2Cl)cc(F)c1F. The largest absolute Gasteiger partial charge is 0.379 e. The maximum absolute atomic E-state index is 13.6. The normalized spacial score (nSPS) is 15.9. The molecule has 3 rings (SSSR count). The van der Waals surface area contributed by atoms with Gasteiger partial charge < -0.3 is 4.74 Å². The van der Waals surface area contributed by atoms with Crippen molar-refractivity contribution in [2.75, 3.05) is 31.0 Å². The average molecular weight is 501 g/mol. The highest BCUT2D eigenvalue weighted by molar-refractivity contribution is 7.93. The van der Waals surface area contributed by atoms with Gasteiger partial charge in [-0.15, -0.1) is 0 Å². The quantitative estimate of drug-likeness (QED) is 0.678. The van der Waals surface area contributed by atoms with E-state index >= 15 is 0 Å². The van der Waals surface area contributed by atoms with Gasteiger partial charge in [-0.3, -0.25) is 4.72 Å². The Hall–Kier alpha value is -1.50. The molecule has 1 aliphatic heterocycles. The smallest absolute Gasteiger partial charge is 0.263 e. The van der Waals surface area contributed by atoms with E-state index < -0.39 is 41.5 Å². The van der Waals surface area contributed by atoms with Crippen LogP contribution in [0.3, 0.4) is 0 Å². The van der Waals surface area contributed by atoms with Crippen LogP contribution in [0.25, 0.3) is 0 Å². The highest BCUT2D eigenvalue weighted by atomic mass is 35.5. The summed E-state index contributed by atoms with van der Waals surface area (Å²) in [7, 11) is -8.58. The second-order valence-corrected chi connectivity index (χ2v) is 10.8. The zero-order valence-electron chi connectivity index (χ0n) is 15.5. The van der Waals surface area contributed by atoms with E-state index in [1.54, 1.807) is 0 Å². The molecule has 1 heterocycles. The summed E-state index contributed by atoms with van der Waals surface area (Å²) in [5.41, 5.74) is -0.375. The van der Waals surface area contributed by atoms with Gasteiger partial charge in [-0.2, -0.15) is 4.31 Å². The van der Waals surface area contributed by atoms with Gasteiger partial charge in [0.2, 0.25) is 10.0 Å². The third kappa shape index (κ3) is 4.56. The maximum Gasteiger partial charge on any atom is 0.263 e. The molecular formula is C17H16Cl2F2N2O5S2. The number of anilines is 1. The van der Waals surface area contributed by atoms with Crippen LogP contribution in [0.5, 0.6) is 0 Å². The first kappa shape index (κ1) is 23.2. The topological polar surface area (TPSA) is 92.8 Å². The molecule has 0 radical (unpaired) electrons. The van der Waals surface area contributed by atoms with E-state index in [9.17, 15) is 25.6 Å². The van der Waals surface area contributed by atoms with Crippen LogP contribution < -0.4 is 4.72 Å². The summed E-state index contributed by atoms with van der Waals surface area (Å²) in [6.45, 7) is 1.79. The summed E-state index contributed by atoms with van der Waals surface area (Å²) >= 11 is 12.1. The average Bonchev–Trinajstić information content (AvgIpc) is 2.66. The number of rotatable bonds is 5.